The first-order chi connectivity index (χ1) is 14.8. The van der Waals surface area contributed by atoms with Crippen molar-refractivity contribution in [2.24, 2.45) is 0 Å². The molecule has 2 aromatic carbocycles. The molecule has 0 radical (unpaired) electrons. The van der Waals surface area contributed by atoms with Gasteiger partial charge in [-0.05, 0) is 38.2 Å². The van der Waals surface area contributed by atoms with Crippen molar-refractivity contribution in [2.75, 3.05) is 43.6 Å². The van der Waals surface area contributed by atoms with E-state index in [-0.39, 0.29) is 18.1 Å². The van der Waals surface area contributed by atoms with Gasteiger partial charge in [0.2, 0.25) is 0 Å². The second-order valence-corrected chi connectivity index (χ2v) is 10.3. The largest absolute Gasteiger partial charge is 0.329 e. The molecule has 0 aromatic heterocycles. The molecule has 0 aliphatic carbocycles. The molecule has 1 unspecified atom stereocenters. The number of anilines is 1. The monoisotopic (exact) mass is 443 g/mol. The summed E-state index contributed by atoms with van der Waals surface area (Å²) >= 11 is 0. The molecule has 0 bridgehead atoms. The second-order valence-electron chi connectivity index (χ2n) is 8.07. The van der Waals surface area contributed by atoms with Crippen LogP contribution in [0.5, 0.6) is 0 Å². The lowest BCUT2D eigenvalue weighted by molar-refractivity contribution is -0.145. The molecule has 3 rings (SSSR count). The highest BCUT2D eigenvalue weighted by atomic mass is 32.2. The standard InChI is InChI=1S/C23H29N3O4S/c1-24(2)14-15-25(21-13-16-31(29,30)18-21)22(27)23(28)26(20-11-7-4-8-12-20)17-19-9-5-3-6-10-19/h3-12,21H,13-18H2,1-2H3. The third kappa shape index (κ3) is 6.15. The number of nitrogens with zero attached hydrogens (tertiary/aromatic N) is 3. The number of amides is 2. The molecule has 0 spiro atoms. The van der Waals surface area contributed by atoms with E-state index in [4.69, 9.17) is 0 Å². The van der Waals surface area contributed by atoms with E-state index in [1.165, 1.54) is 9.80 Å². The summed E-state index contributed by atoms with van der Waals surface area (Å²) in [5, 5.41) is 0. The first-order valence-electron chi connectivity index (χ1n) is 10.3. The molecular weight excluding hydrogens is 414 g/mol. The SMILES string of the molecule is CN(C)CCN(C(=O)C(=O)N(Cc1ccccc1)c1ccccc1)C1CCS(=O)(=O)C1. The van der Waals surface area contributed by atoms with E-state index in [1.807, 2.05) is 67.5 Å². The van der Waals surface area contributed by atoms with Gasteiger partial charge < -0.3 is 9.80 Å². The van der Waals surface area contributed by atoms with E-state index in [0.717, 1.165) is 5.56 Å². The molecule has 7 nitrogen and oxygen atoms in total. The smallest absolute Gasteiger partial charge is 0.316 e. The first kappa shape index (κ1) is 23.0. The maximum Gasteiger partial charge on any atom is 0.316 e. The Morgan fingerprint density at radius 1 is 0.903 bits per heavy atom. The Bertz CT molecular complexity index is 994. The van der Waals surface area contributed by atoms with Crippen molar-refractivity contribution in [3.8, 4) is 0 Å². The Morgan fingerprint density at radius 2 is 1.52 bits per heavy atom. The van der Waals surface area contributed by atoms with Crippen LogP contribution in [-0.4, -0.2) is 74.8 Å². The summed E-state index contributed by atoms with van der Waals surface area (Å²) in [6.07, 6.45) is 0.360. The molecule has 8 heteroatoms. The fraction of sp³-hybridized carbons (Fsp3) is 0.391. The summed E-state index contributed by atoms with van der Waals surface area (Å²) in [5.74, 6) is -1.37. The lowest BCUT2D eigenvalue weighted by Gasteiger charge is -2.31. The Hall–Kier alpha value is -2.71. The topological polar surface area (TPSA) is 78.0 Å². The number of benzene rings is 2. The summed E-state index contributed by atoms with van der Waals surface area (Å²) in [6, 6.07) is 18.1. The quantitative estimate of drug-likeness (QED) is 0.610. The van der Waals surface area contributed by atoms with Gasteiger partial charge in [-0.25, -0.2) is 8.42 Å². The average Bonchev–Trinajstić information content (AvgIpc) is 3.12. The van der Waals surface area contributed by atoms with Crippen LogP contribution in [0.3, 0.4) is 0 Å². The third-order valence-electron chi connectivity index (χ3n) is 5.38. The number of hydrogen-bond acceptors (Lipinski definition) is 5. The van der Waals surface area contributed by atoms with E-state index in [1.54, 1.807) is 12.1 Å². The third-order valence-corrected chi connectivity index (χ3v) is 7.13. The van der Waals surface area contributed by atoms with Crippen molar-refractivity contribution in [3.05, 3.63) is 66.2 Å². The molecule has 166 valence electrons. The van der Waals surface area contributed by atoms with Crippen LogP contribution >= 0.6 is 0 Å². The minimum absolute atomic E-state index is 0.0457. The maximum atomic E-state index is 13.4. The van der Waals surface area contributed by atoms with Crippen molar-refractivity contribution in [1.82, 2.24) is 9.80 Å². The molecule has 1 saturated heterocycles. The van der Waals surface area contributed by atoms with E-state index >= 15 is 0 Å². The fourth-order valence-corrected chi connectivity index (χ4v) is 5.40. The molecule has 1 heterocycles. The normalized spacial score (nSPS) is 17.5. The van der Waals surface area contributed by atoms with Crippen molar-refractivity contribution >= 4 is 27.3 Å². The minimum Gasteiger partial charge on any atom is -0.329 e. The number of rotatable bonds is 7. The molecule has 0 N–H and O–H groups in total. The van der Waals surface area contributed by atoms with Crippen LogP contribution < -0.4 is 4.90 Å². The van der Waals surface area contributed by atoms with E-state index in [2.05, 4.69) is 0 Å². The number of likely N-dealkylation sites (N-methyl/N-ethyl adjacent to an activating group) is 1. The van der Waals surface area contributed by atoms with Gasteiger partial charge in [-0.2, -0.15) is 0 Å². The zero-order chi connectivity index (χ0) is 22.4. The Morgan fingerprint density at radius 3 is 2.06 bits per heavy atom. The van der Waals surface area contributed by atoms with Gasteiger partial charge in [-0.1, -0.05) is 48.5 Å². The van der Waals surface area contributed by atoms with Crippen LogP contribution in [-0.2, 0) is 26.0 Å². The summed E-state index contributed by atoms with van der Waals surface area (Å²) in [4.78, 5) is 31.6. The highest BCUT2D eigenvalue weighted by molar-refractivity contribution is 7.91. The molecule has 31 heavy (non-hydrogen) atoms. The lowest BCUT2D eigenvalue weighted by Crippen LogP contribution is -2.51. The summed E-state index contributed by atoms with van der Waals surface area (Å²) in [7, 11) is 0.561. The van der Waals surface area contributed by atoms with Gasteiger partial charge in [-0.3, -0.25) is 14.5 Å². The summed E-state index contributed by atoms with van der Waals surface area (Å²) < 4.78 is 24.1. The molecule has 1 atom stereocenters. The maximum absolute atomic E-state index is 13.4. The van der Waals surface area contributed by atoms with Crippen LogP contribution in [0.25, 0.3) is 0 Å². The van der Waals surface area contributed by atoms with Gasteiger partial charge in [-0.15, -0.1) is 0 Å². The van der Waals surface area contributed by atoms with Gasteiger partial charge in [0, 0.05) is 24.8 Å². The van der Waals surface area contributed by atoms with Crippen LogP contribution in [0.2, 0.25) is 0 Å². The first-order valence-corrected chi connectivity index (χ1v) is 12.2. The highest BCUT2D eigenvalue weighted by Crippen LogP contribution is 2.21. The minimum atomic E-state index is -3.19. The van der Waals surface area contributed by atoms with Crippen LogP contribution in [0, 0.1) is 0 Å². The Labute approximate surface area is 184 Å². The average molecular weight is 444 g/mol. The van der Waals surface area contributed by atoms with Crippen molar-refractivity contribution < 1.29 is 18.0 Å². The summed E-state index contributed by atoms with van der Waals surface area (Å²) in [6.45, 7) is 1.09. The van der Waals surface area contributed by atoms with Gasteiger partial charge >= 0.3 is 11.8 Å². The van der Waals surface area contributed by atoms with E-state index < -0.39 is 27.7 Å². The van der Waals surface area contributed by atoms with Crippen LogP contribution in [0.4, 0.5) is 5.69 Å². The molecule has 1 fully saturated rings. The zero-order valence-electron chi connectivity index (χ0n) is 18.0. The number of para-hydroxylation sites is 1. The molecule has 2 amide bonds. The predicted octanol–water partition coefficient (Wildman–Crippen LogP) is 1.80. The van der Waals surface area contributed by atoms with E-state index in [9.17, 15) is 18.0 Å². The van der Waals surface area contributed by atoms with Crippen molar-refractivity contribution in [1.29, 1.82) is 0 Å². The van der Waals surface area contributed by atoms with Gasteiger partial charge in [0.25, 0.3) is 0 Å². The van der Waals surface area contributed by atoms with Gasteiger partial charge in [0.05, 0.1) is 18.1 Å². The Balaban J connectivity index is 1.88. The van der Waals surface area contributed by atoms with Crippen molar-refractivity contribution in [3.63, 3.8) is 0 Å². The molecule has 0 saturated carbocycles. The van der Waals surface area contributed by atoms with Crippen molar-refractivity contribution in [2.45, 2.75) is 19.0 Å². The lowest BCUT2D eigenvalue weighted by atomic mass is 10.1. The summed E-state index contributed by atoms with van der Waals surface area (Å²) in [5.41, 5.74) is 1.52. The van der Waals surface area contributed by atoms with Crippen LogP contribution in [0.15, 0.2) is 60.7 Å². The molecule has 2 aromatic rings. The molecule has 1 aliphatic rings. The molecular formula is C23H29N3O4S. The number of carbonyl (C=O) groups excluding carboxylic acids is 2. The second kappa shape index (κ2) is 10.1. The number of hydrogen-bond donors (Lipinski definition) is 0. The highest BCUT2D eigenvalue weighted by Gasteiger charge is 2.38. The van der Waals surface area contributed by atoms with E-state index in [0.29, 0.717) is 25.2 Å². The fourth-order valence-electron chi connectivity index (χ4n) is 3.67. The van der Waals surface area contributed by atoms with Crippen LogP contribution in [0.1, 0.15) is 12.0 Å². The van der Waals surface area contributed by atoms with Gasteiger partial charge in [0.15, 0.2) is 9.84 Å². The Kier molecular flexibility index (Phi) is 7.46. The number of sulfone groups is 1. The zero-order valence-corrected chi connectivity index (χ0v) is 18.8. The molecule has 1 aliphatic heterocycles. The van der Waals surface area contributed by atoms with Gasteiger partial charge in [0.1, 0.15) is 0 Å². The predicted molar refractivity (Wildman–Crippen MR) is 121 cm³/mol. The number of carbonyl (C=O) groups is 2.